The molecule has 22 heavy (non-hydrogen) atoms. The molecule has 0 aromatic heterocycles. The minimum atomic E-state index is -2.83. The third kappa shape index (κ3) is 3.68. The van der Waals surface area contributed by atoms with Gasteiger partial charge in [-0.25, -0.2) is 18.4 Å². The predicted octanol–water partition coefficient (Wildman–Crippen LogP) is 2.76. The first kappa shape index (κ1) is 16.1. The fourth-order valence-corrected chi connectivity index (χ4v) is 2.44. The van der Waals surface area contributed by atoms with Gasteiger partial charge in [0.1, 0.15) is 6.61 Å². The van der Waals surface area contributed by atoms with Crippen molar-refractivity contribution < 1.29 is 23.1 Å². The number of piperidine rings is 1. The minimum absolute atomic E-state index is 0.0440. The van der Waals surface area contributed by atoms with E-state index < -0.39 is 18.1 Å². The van der Waals surface area contributed by atoms with Crippen molar-refractivity contribution in [1.82, 2.24) is 4.90 Å². The summed E-state index contributed by atoms with van der Waals surface area (Å²) >= 11 is 0. The highest BCUT2D eigenvalue weighted by Crippen LogP contribution is 2.31. The summed E-state index contributed by atoms with van der Waals surface area (Å²) in [6.45, 7) is 0.0266. The van der Waals surface area contributed by atoms with E-state index in [0.29, 0.717) is 13.0 Å². The maximum atomic E-state index is 13.2. The zero-order valence-corrected chi connectivity index (χ0v) is 11.9. The van der Waals surface area contributed by atoms with Crippen LogP contribution in [-0.4, -0.2) is 42.1 Å². The number of nitrogens with zero attached hydrogens (tertiary/aromatic N) is 2. The van der Waals surface area contributed by atoms with Crippen LogP contribution in [0.25, 0.3) is 0 Å². The summed E-state index contributed by atoms with van der Waals surface area (Å²) in [5.74, 6) is 0. The van der Waals surface area contributed by atoms with Gasteiger partial charge in [0.05, 0.1) is 6.54 Å². The molecule has 2 rings (SSSR count). The molecule has 1 aromatic carbocycles. The lowest BCUT2D eigenvalue weighted by Crippen LogP contribution is -2.53. The van der Waals surface area contributed by atoms with Gasteiger partial charge < -0.3 is 9.64 Å². The largest absolute Gasteiger partial charge is 0.445 e. The number of ether oxygens (including phenoxy) is 1. The third-order valence-corrected chi connectivity index (χ3v) is 3.64. The molecule has 1 atom stereocenters. The highest BCUT2D eigenvalue weighted by Gasteiger charge is 2.45. The van der Waals surface area contributed by atoms with Gasteiger partial charge in [0.2, 0.25) is 6.08 Å². The predicted molar refractivity (Wildman–Crippen MR) is 74.3 cm³/mol. The Morgan fingerprint density at radius 3 is 2.77 bits per heavy atom. The van der Waals surface area contributed by atoms with Crippen LogP contribution in [0, 0.1) is 0 Å². The molecule has 1 aliphatic heterocycles. The molecule has 1 saturated heterocycles. The van der Waals surface area contributed by atoms with Crippen LogP contribution >= 0.6 is 0 Å². The number of alkyl halides is 2. The average molecular weight is 310 g/mol. The summed E-state index contributed by atoms with van der Waals surface area (Å²) in [7, 11) is 0. The molecule has 1 aromatic rings. The maximum absolute atomic E-state index is 13.2. The minimum Gasteiger partial charge on any atom is -0.445 e. The summed E-state index contributed by atoms with van der Waals surface area (Å²) in [4.78, 5) is 26.8. The van der Waals surface area contributed by atoms with Crippen LogP contribution in [0.2, 0.25) is 0 Å². The molecule has 0 saturated carbocycles. The monoisotopic (exact) mass is 310 g/mol. The normalized spacial score (nSPS) is 21.3. The summed E-state index contributed by atoms with van der Waals surface area (Å²) in [5.41, 5.74) is -1.06. The zero-order valence-electron chi connectivity index (χ0n) is 11.9. The standard InChI is InChI=1S/C15H16F2N2O3/c16-13(17)15(18-11-20)7-4-8-19(10-15)14(21)22-9-12-5-2-1-3-6-12/h1-3,5-6,13H,4,7-10H2. The Balaban J connectivity index is 1.99. The number of amides is 1. The average Bonchev–Trinajstić information content (AvgIpc) is 2.54. The lowest BCUT2D eigenvalue weighted by Gasteiger charge is -2.37. The van der Waals surface area contributed by atoms with Crippen LogP contribution < -0.4 is 0 Å². The Bertz CT molecular complexity index is 561. The molecule has 118 valence electrons. The van der Waals surface area contributed by atoms with Gasteiger partial charge in [-0.2, -0.15) is 4.99 Å². The summed E-state index contributed by atoms with van der Waals surface area (Å²) in [5, 5.41) is 0. The van der Waals surface area contributed by atoms with Gasteiger partial charge in [0.25, 0.3) is 6.43 Å². The number of halogens is 2. The van der Waals surface area contributed by atoms with E-state index in [4.69, 9.17) is 4.74 Å². The highest BCUT2D eigenvalue weighted by atomic mass is 19.3. The molecule has 1 aliphatic rings. The number of isocyanates is 1. The van der Waals surface area contributed by atoms with Crippen molar-refractivity contribution in [3.8, 4) is 0 Å². The number of carbonyl (C=O) groups is 1. The Morgan fingerprint density at radius 1 is 1.41 bits per heavy atom. The topological polar surface area (TPSA) is 59.0 Å². The molecule has 1 heterocycles. The molecule has 0 bridgehead atoms. The second kappa shape index (κ2) is 7.13. The molecular formula is C15H16F2N2O3. The fraction of sp³-hybridized carbons (Fsp3) is 0.467. The van der Waals surface area contributed by atoms with Gasteiger partial charge in [-0.05, 0) is 18.4 Å². The van der Waals surface area contributed by atoms with Gasteiger partial charge in [-0.1, -0.05) is 30.3 Å². The number of aliphatic imine (C=N–C) groups is 1. The summed E-state index contributed by atoms with van der Waals surface area (Å²) in [6, 6.07) is 9.05. The van der Waals surface area contributed by atoms with Crippen LogP contribution in [0.4, 0.5) is 13.6 Å². The van der Waals surface area contributed by atoms with Gasteiger partial charge in [-0.15, -0.1) is 0 Å². The first-order chi connectivity index (χ1) is 10.6. The first-order valence-electron chi connectivity index (χ1n) is 6.90. The quantitative estimate of drug-likeness (QED) is 0.634. The van der Waals surface area contributed by atoms with Crippen molar-refractivity contribution in [2.75, 3.05) is 13.1 Å². The second-order valence-electron chi connectivity index (χ2n) is 5.17. The maximum Gasteiger partial charge on any atom is 0.410 e. The Hall–Kier alpha value is -2.27. The van der Waals surface area contributed by atoms with Gasteiger partial charge >= 0.3 is 6.09 Å². The van der Waals surface area contributed by atoms with Crippen molar-refractivity contribution in [3.05, 3.63) is 35.9 Å². The molecule has 0 N–H and O–H groups in total. The van der Waals surface area contributed by atoms with Crippen molar-refractivity contribution in [2.24, 2.45) is 4.99 Å². The number of hydrogen-bond acceptors (Lipinski definition) is 4. The fourth-order valence-electron chi connectivity index (χ4n) is 2.44. The van der Waals surface area contributed by atoms with Crippen LogP contribution in [-0.2, 0) is 16.1 Å². The van der Waals surface area contributed by atoms with E-state index in [1.807, 2.05) is 18.2 Å². The molecule has 5 nitrogen and oxygen atoms in total. The number of hydrogen-bond donors (Lipinski definition) is 0. The van der Waals surface area contributed by atoms with E-state index in [-0.39, 0.29) is 19.6 Å². The Morgan fingerprint density at radius 2 is 2.14 bits per heavy atom. The number of carbonyl (C=O) groups excluding carboxylic acids is 2. The van der Waals surface area contributed by atoms with Crippen LogP contribution in [0.15, 0.2) is 35.3 Å². The smallest absolute Gasteiger partial charge is 0.410 e. The molecule has 7 heteroatoms. The van der Waals surface area contributed by atoms with Crippen molar-refractivity contribution in [1.29, 1.82) is 0 Å². The Kier molecular flexibility index (Phi) is 5.22. The first-order valence-corrected chi connectivity index (χ1v) is 6.90. The third-order valence-electron chi connectivity index (χ3n) is 3.64. The molecule has 0 radical (unpaired) electrons. The molecule has 0 aliphatic carbocycles. The van der Waals surface area contributed by atoms with Crippen LogP contribution in [0.3, 0.4) is 0 Å². The zero-order chi connectivity index (χ0) is 16.0. The van der Waals surface area contributed by atoms with E-state index in [1.54, 1.807) is 12.1 Å². The highest BCUT2D eigenvalue weighted by molar-refractivity contribution is 5.68. The number of benzene rings is 1. The van der Waals surface area contributed by atoms with Crippen LogP contribution in [0.1, 0.15) is 18.4 Å². The lowest BCUT2D eigenvalue weighted by molar-refractivity contribution is 0.00286. The summed E-state index contributed by atoms with van der Waals surface area (Å²) in [6.07, 6.45) is -1.95. The van der Waals surface area contributed by atoms with Gasteiger partial charge in [0.15, 0.2) is 5.54 Å². The number of rotatable bonds is 4. The van der Waals surface area contributed by atoms with Gasteiger partial charge in [0, 0.05) is 6.54 Å². The van der Waals surface area contributed by atoms with E-state index in [0.717, 1.165) is 5.56 Å². The van der Waals surface area contributed by atoms with Gasteiger partial charge in [-0.3, -0.25) is 0 Å². The Labute approximate surface area is 126 Å². The molecule has 1 fully saturated rings. The van der Waals surface area contributed by atoms with Crippen molar-refractivity contribution in [2.45, 2.75) is 31.4 Å². The van der Waals surface area contributed by atoms with Crippen molar-refractivity contribution in [3.63, 3.8) is 0 Å². The number of likely N-dealkylation sites (tertiary alicyclic amines) is 1. The molecule has 1 unspecified atom stereocenters. The van der Waals surface area contributed by atoms with E-state index in [2.05, 4.69) is 4.99 Å². The van der Waals surface area contributed by atoms with Crippen molar-refractivity contribution >= 4 is 12.2 Å². The van der Waals surface area contributed by atoms with E-state index in [1.165, 1.54) is 11.0 Å². The van der Waals surface area contributed by atoms with E-state index in [9.17, 15) is 18.4 Å². The molecule has 1 amide bonds. The van der Waals surface area contributed by atoms with Crippen LogP contribution in [0.5, 0.6) is 0 Å². The second-order valence-corrected chi connectivity index (χ2v) is 5.17. The lowest BCUT2D eigenvalue weighted by atomic mass is 9.90. The molecule has 0 spiro atoms. The summed E-state index contributed by atoms with van der Waals surface area (Å²) < 4.78 is 31.5. The van der Waals surface area contributed by atoms with E-state index >= 15 is 0 Å². The SMILES string of the molecule is O=C=NC1(C(F)F)CCCN(C(=O)OCc2ccccc2)C1. The molecular weight excluding hydrogens is 294 g/mol.